The summed E-state index contributed by atoms with van der Waals surface area (Å²) in [6.07, 6.45) is 7.98. The van der Waals surface area contributed by atoms with Crippen LogP contribution in [0.15, 0.2) is 89.5 Å². The Morgan fingerprint density at radius 3 is 2.34 bits per heavy atom. The zero-order valence-electron chi connectivity index (χ0n) is 23.2. The van der Waals surface area contributed by atoms with E-state index in [4.69, 9.17) is 14.6 Å². The number of ether oxygens (including phenoxy) is 2. The van der Waals surface area contributed by atoms with Crippen LogP contribution in [0.2, 0.25) is 0 Å². The Hall–Kier alpha value is -4.72. The Labute approximate surface area is 239 Å². The number of non-ortho nitro benzene ring substituents is 1. The summed E-state index contributed by atoms with van der Waals surface area (Å²) in [7, 11) is 0. The van der Waals surface area contributed by atoms with Gasteiger partial charge in [-0.2, -0.15) is 5.10 Å². The smallest absolute Gasteiger partial charge is 0.270 e. The number of allylic oxidation sites excluding steroid dienone is 1. The van der Waals surface area contributed by atoms with E-state index in [0.717, 1.165) is 53.2 Å². The van der Waals surface area contributed by atoms with Gasteiger partial charge in [0, 0.05) is 24.1 Å². The van der Waals surface area contributed by atoms with Gasteiger partial charge in [-0.1, -0.05) is 36.4 Å². The lowest BCUT2D eigenvalue weighted by atomic mass is 9.77. The largest absolute Gasteiger partial charge is 0.494 e. The zero-order valence-corrected chi connectivity index (χ0v) is 23.2. The van der Waals surface area contributed by atoms with Gasteiger partial charge in [0.25, 0.3) is 11.6 Å². The predicted octanol–water partition coefficient (Wildman–Crippen LogP) is 7.23. The van der Waals surface area contributed by atoms with Crippen LogP contribution in [0.5, 0.6) is 11.5 Å². The van der Waals surface area contributed by atoms with Crippen molar-refractivity contribution in [1.82, 2.24) is 5.01 Å². The highest BCUT2D eigenvalue weighted by atomic mass is 16.6. The Morgan fingerprint density at radius 2 is 1.68 bits per heavy atom. The molecule has 3 aromatic carbocycles. The molecular formula is C33H33N3O5. The van der Waals surface area contributed by atoms with Crippen molar-refractivity contribution in [1.29, 1.82) is 0 Å². The first kappa shape index (κ1) is 27.8. The predicted molar refractivity (Wildman–Crippen MR) is 160 cm³/mol. The van der Waals surface area contributed by atoms with Gasteiger partial charge in [0.15, 0.2) is 0 Å². The summed E-state index contributed by atoms with van der Waals surface area (Å²) in [6.45, 7) is 5.10. The molecule has 210 valence electrons. The van der Waals surface area contributed by atoms with E-state index in [2.05, 4.69) is 6.08 Å². The molecule has 2 aliphatic rings. The molecule has 2 atom stereocenters. The first-order valence-corrected chi connectivity index (χ1v) is 14.0. The van der Waals surface area contributed by atoms with Gasteiger partial charge in [-0.3, -0.25) is 14.9 Å². The Balaban J connectivity index is 1.48. The molecule has 0 saturated heterocycles. The van der Waals surface area contributed by atoms with E-state index in [1.807, 2.05) is 62.4 Å². The molecular weight excluding hydrogens is 518 g/mol. The highest BCUT2D eigenvalue weighted by Gasteiger charge is 2.43. The summed E-state index contributed by atoms with van der Waals surface area (Å²) >= 11 is 0. The fourth-order valence-corrected chi connectivity index (χ4v) is 5.46. The number of rotatable bonds is 9. The minimum Gasteiger partial charge on any atom is -0.494 e. The van der Waals surface area contributed by atoms with Gasteiger partial charge in [0.1, 0.15) is 11.5 Å². The molecule has 0 radical (unpaired) electrons. The van der Waals surface area contributed by atoms with E-state index in [1.54, 1.807) is 23.2 Å². The van der Waals surface area contributed by atoms with Crippen LogP contribution in [0.4, 0.5) is 5.69 Å². The van der Waals surface area contributed by atoms with E-state index >= 15 is 0 Å². The summed E-state index contributed by atoms with van der Waals surface area (Å²) in [5.74, 6) is 1.37. The minimum absolute atomic E-state index is 0.0247. The molecule has 1 aliphatic carbocycles. The van der Waals surface area contributed by atoms with Crippen LogP contribution in [0, 0.1) is 16.0 Å². The van der Waals surface area contributed by atoms with E-state index in [9.17, 15) is 14.9 Å². The number of hydrogen-bond acceptors (Lipinski definition) is 6. The number of benzene rings is 3. The molecule has 1 amide bonds. The van der Waals surface area contributed by atoms with Gasteiger partial charge in [-0.05, 0) is 91.8 Å². The maximum atomic E-state index is 13.6. The number of nitro benzene ring substituents is 1. The van der Waals surface area contributed by atoms with Crippen LogP contribution >= 0.6 is 0 Å². The van der Waals surface area contributed by atoms with E-state index in [0.29, 0.717) is 18.8 Å². The number of hydrazone groups is 1. The third-order valence-corrected chi connectivity index (χ3v) is 7.29. The molecule has 0 spiro atoms. The molecule has 3 aromatic rings. The molecule has 0 bridgehead atoms. The van der Waals surface area contributed by atoms with Crippen LogP contribution in [-0.4, -0.2) is 34.8 Å². The van der Waals surface area contributed by atoms with E-state index < -0.39 is 4.92 Å². The number of nitrogens with zero attached hydrogens (tertiary/aromatic N) is 3. The van der Waals surface area contributed by atoms with Gasteiger partial charge in [0.05, 0.1) is 29.9 Å². The molecule has 8 nitrogen and oxygen atoms in total. The lowest BCUT2D eigenvalue weighted by Crippen LogP contribution is -2.30. The van der Waals surface area contributed by atoms with Crippen molar-refractivity contribution in [3.05, 3.63) is 111 Å². The van der Waals surface area contributed by atoms with Crippen molar-refractivity contribution in [2.24, 2.45) is 11.0 Å². The molecule has 1 heterocycles. The topological polar surface area (TPSA) is 94.3 Å². The standard InChI is InChI=1S/C33H33N3O5/c1-3-40-28-16-11-24(12-17-28)21-26-8-6-10-30-32(26)34-35(33(30)25-14-18-29(19-15-25)41-4-2)31(37)20-13-23-7-5-9-27(22-23)36(38)39/h5,7,9,11-22,30,33H,3-4,6,8,10H2,1-2H3/b20-13+,26-21+. The van der Waals surface area contributed by atoms with Crippen LogP contribution in [0.3, 0.4) is 0 Å². The monoisotopic (exact) mass is 551 g/mol. The van der Waals surface area contributed by atoms with E-state index in [-0.39, 0.29) is 23.6 Å². The lowest BCUT2D eigenvalue weighted by Gasteiger charge is -2.29. The van der Waals surface area contributed by atoms with E-state index in [1.165, 1.54) is 18.2 Å². The summed E-state index contributed by atoms with van der Waals surface area (Å²) in [4.78, 5) is 24.4. The highest BCUT2D eigenvalue weighted by Crippen LogP contribution is 2.44. The van der Waals surface area contributed by atoms with Crippen molar-refractivity contribution < 1.29 is 19.2 Å². The normalized spacial score (nSPS) is 19.2. The summed E-state index contributed by atoms with van der Waals surface area (Å²) in [5, 5.41) is 17.7. The average Bonchev–Trinajstić information content (AvgIpc) is 3.39. The quantitative estimate of drug-likeness (QED) is 0.159. The van der Waals surface area contributed by atoms with Crippen molar-refractivity contribution in [2.45, 2.75) is 39.2 Å². The molecule has 1 saturated carbocycles. The molecule has 2 unspecified atom stereocenters. The van der Waals surface area contributed by atoms with Gasteiger partial charge < -0.3 is 9.47 Å². The van der Waals surface area contributed by atoms with Crippen molar-refractivity contribution in [3.63, 3.8) is 0 Å². The van der Waals surface area contributed by atoms with Crippen LogP contribution in [0.25, 0.3) is 12.2 Å². The molecule has 41 heavy (non-hydrogen) atoms. The van der Waals surface area contributed by atoms with Crippen LogP contribution in [-0.2, 0) is 4.79 Å². The number of fused-ring (bicyclic) bond motifs is 1. The maximum absolute atomic E-state index is 13.6. The van der Waals surface area contributed by atoms with Crippen molar-refractivity contribution in [2.75, 3.05) is 13.2 Å². The minimum atomic E-state index is -0.448. The van der Waals surface area contributed by atoms with Gasteiger partial charge in [0.2, 0.25) is 0 Å². The fourth-order valence-electron chi connectivity index (χ4n) is 5.46. The fraction of sp³-hybridized carbons (Fsp3) is 0.273. The van der Waals surface area contributed by atoms with Crippen molar-refractivity contribution in [3.8, 4) is 11.5 Å². The number of nitro groups is 1. The average molecular weight is 552 g/mol. The van der Waals surface area contributed by atoms with Gasteiger partial charge >= 0.3 is 0 Å². The first-order valence-electron chi connectivity index (χ1n) is 14.0. The number of hydrogen-bond donors (Lipinski definition) is 0. The first-order chi connectivity index (χ1) is 20.0. The molecule has 0 aromatic heterocycles. The van der Waals surface area contributed by atoms with Crippen molar-refractivity contribution >= 4 is 29.5 Å². The third kappa shape index (κ3) is 6.38. The highest BCUT2D eigenvalue weighted by molar-refractivity contribution is 6.08. The van der Waals surface area contributed by atoms with Crippen LogP contribution in [0.1, 0.15) is 55.8 Å². The maximum Gasteiger partial charge on any atom is 0.270 e. The summed E-state index contributed by atoms with van der Waals surface area (Å²) < 4.78 is 11.2. The van der Waals surface area contributed by atoms with Gasteiger partial charge in [-0.15, -0.1) is 0 Å². The Kier molecular flexibility index (Phi) is 8.58. The summed E-state index contributed by atoms with van der Waals surface area (Å²) in [5.41, 5.74) is 4.64. The van der Waals surface area contributed by atoms with Crippen LogP contribution < -0.4 is 9.47 Å². The molecule has 1 fully saturated rings. The Bertz CT molecular complexity index is 1490. The second kappa shape index (κ2) is 12.6. The Morgan fingerprint density at radius 1 is 1.00 bits per heavy atom. The number of amides is 1. The zero-order chi connectivity index (χ0) is 28.8. The number of carbonyl (C=O) groups excluding carboxylic acids is 1. The third-order valence-electron chi connectivity index (χ3n) is 7.29. The molecule has 1 aliphatic heterocycles. The summed E-state index contributed by atoms with van der Waals surface area (Å²) in [6, 6.07) is 21.8. The molecule has 5 rings (SSSR count). The second-order valence-corrected chi connectivity index (χ2v) is 9.97. The van der Waals surface area contributed by atoms with Gasteiger partial charge in [-0.25, -0.2) is 5.01 Å². The second-order valence-electron chi connectivity index (χ2n) is 9.97. The molecule has 0 N–H and O–H groups in total. The molecule has 8 heteroatoms. The number of carbonyl (C=O) groups is 1. The SMILES string of the molecule is CCOc1ccc(/C=C2\CCCC3C2=NN(C(=O)/C=C/c2cccc([N+](=O)[O-])c2)C3c2ccc(OCC)cc2)cc1. The lowest BCUT2D eigenvalue weighted by molar-refractivity contribution is -0.384.